The summed E-state index contributed by atoms with van der Waals surface area (Å²) in [5, 5.41) is 5.54. The first kappa shape index (κ1) is 16.7. The van der Waals surface area contributed by atoms with Crippen molar-refractivity contribution >= 4 is 54.1 Å². The number of rotatable bonds is 5. The lowest BCUT2D eigenvalue weighted by molar-refractivity contribution is -0.116. The number of aromatic nitrogens is 3. The van der Waals surface area contributed by atoms with E-state index in [-0.39, 0.29) is 18.0 Å². The van der Waals surface area contributed by atoms with E-state index in [0.29, 0.717) is 33.2 Å². The van der Waals surface area contributed by atoms with Crippen molar-refractivity contribution in [3.8, 4) is 5.75 Å². The van der Waals surface area contributed by atoms with Crippen LogP contribution in [-0.4, -0.2) is 27.0 Å². The number of ether oxygens (including phenoxy) is 1. The van der Waals surface area contributed by atoms with Gasteiger partial charge in [-0.3, -0.25) is 14.2 Å². The lowest BCUT2D eigenvalue weighted by Crippen LogP contribution is -2.27. The molecule has 0 bridgehead atoms. The van der Waals surface area contributed by atoms with Crippen LogP contribution in [-0.2, 0) is 11.3 Å². The Hall–Kier alpha value is -2.78. The minimum Gasteiger partial charge on any atom is -0.492 e. The van der Waals surface area contributed by atoms with Gasteiger partial charge >= 0.3 is 0 Å². The molecule has 4 rings (SSSR count). The van der Waals surface area contributed by atoms with E-state index in [9.17, 15) is 9.59 Å². The number of carbonyl (C=O) groups excluding carboxylic acids is 1. The highest BCUT2D eigenvalue weighted by atomic mass is 32.1. The molecule has 4 aromatic rings. The summed E-state index contributed by atoms with van der Waals surface area (Å²) >= 11 is 2.75. The lowest BCUT2D eigenvalue weighted by atomic mass is 10.3. The number of anilines is 1. The third-order valence-electron chi connectivity index (χ3n) is 3.69. The molecule has 7 nitrogen and oxygen atoms in total. The maximum absolute atomic E-state index is 12.4. The van der Waals surface area contributed by atoms with Gasteiger partial charge in [-0.25, -0.2) is 9.97 Å². The Morgan fingerprint density at radius 2 is 2.23 bits per heavy atom. The average molecular weight is 386 g/mol. The zero-order chi connectivity index (χ0) is 18.1. The number of nitrogens with zero attached hydrogens (tertiary/aromatic N) is 3. The standard InChI is InChI=1S/C17H14N4O3S2/c1-2-24-11-4-3-5-12-14(11)20-17(26-12)19-13(22)8-21-9-18-15-10(16(21)23)6-7-25-15/h3-7,9H,2,8H2,1H3,(H,19,20,22). The number of carbonyl (C=O) groups is 1. The lowest BCUT2D eigenvalue weighted by Gasteiger charge is -2.04. The molecule has 0 aliphatic rings. The molecule has 0 spiro atoms. The van der Waals surface area contributed by atoms with E-state index < -0.39 is 0 Å². The van der Waals surface area contributed by atoms with Crippen molar-refractivity contribution in [1.29, 1.82) is 0 Å². The van der Waals surface area contributed by atoms with Gasteiger partial charge in [0.2, 0.25) is 5.91 Å². The molecule has 3 aromatic heterocycles. The second-order valence-electron chi connectivity index (χ2n) is 5.42. The fourth-order valence-corrected chi connectivity index (χ4v) is 4.19. The van der Waals surface area contributed by atoms with E-state index in [0.717, 1.165) is 4.70 Å². The minimum absolute atomic E-state index is 0.119. The number of benzene rings is 1. The quantitative estimate of drug-likeness (QED) is 0.570. The summed E-state index contributed by atoms with van der Waals surface area (Å²) in [5.41, 5.74) is 0.488. The van der Waals surface area contributed by atoms with Gasteiger partial charge in [0.15, 0.2) is 5.13 Å². The van der Waals surface area contributed by atoms with Crippen LogP contribution in [0.1, 0.15) is 6.92 Å². The van der Waals surface area contributed by atoms with Crippen molar-refractivity contribution in [1.82, 2.24) is 14.5 Å². The smallest absolute Gasteiger partial charge is 0.262 e. The number of fused-ring (bicyclic) bond motifs is 2. The Balaban J connectivity index is 1.56. The Kier molecular flexibility index (Phi) is 4.39. The molecule has 1 N–H and O–H groups in total. The summed E-state index contributed by atoms with van der Waals surface area (Å²) < 4.78 is 7.78. The SMILES string of the molecule is CCOc1cccc2sc(NC(=O)Cn3cnc4sccc4c3=O)nc12. The number of amides is 1. The number of para-hydroxylation sites is 1. The van der Waals surface area contributed by atoms with E-state index in [1.165, 1.54) is 33.6 Å². The Morgan fingerprint density at radius 1 is 1.35 bits per heavy atom. The average Bonchev–Trinajstić information content (AvgIpc) is 3.25. The molecule has 0 saturated carbocycles. The molecular formula is C17H14N4O3S2. The third-order valence-corrected chi connectivity index (χ3v) is 5.45. The Labute approximate surface area is 155 Å². The summed E-state index contributed by atoms with van der Waals surface area (Å²) in [4.78, 5) is 34.0. The van der Waals surface area contributed by atoms with Gasteiger partial charge in [-0.15, -0.1) is 11.3 Å². The second kappa shape index (κ2) is 6.85. The maximum Gasteiger partial charge on any atom is 0.262 e. The van der Waals surface area contributed by atoms with Gasteiger partial charge in [0, 0.05) is 0 Å². The van der Waals surface area contributed by atoms with Gasteiger partial charge in [-0.2, -0.15) is 0 Å². The molecule has 1 aromatic carbocycles. The predicted octanol–water partition coefficient (Wildman–Crippen LogP) is 3.11. The molecule has 3 heterocycles. The molecule has 132 valence electrons. The first-order valence-electron chi connectivity index (χ1n) is 7.90. The van der Waals surface area contributed by atoms with Crippen molar-refractivity contribution in [2.45, 2.75) is 13.5 Å². The third kappa shape index (κ3) is 3.06. The van der Waals surface area contributed by atoms with Gasteiger partial charge in [0.25, 0.3) is 5.56 Å². The highest BCUT2D eigenvalue weighted by molar-refractivity contribution is 7.22. The summed E-state index contributed by atoms with van der Waals surface area (Å²) in [5.74, 6) is 0.352. The van der Waals surface area contributed by atoms with E-state index in [2.05, 4.69) is 15.3 Å². The van der Waals surface area contributed by atoms with Gasteiger partial charge < -0.3 is 10.1 Å². The van der Waals surface area contributed by atoms with Crippen LogP contribution in [0.15, 0.2) is 40.8 Å². The summed E-state index contributed by atoms with van der Waals surface area (Å²) in [6.07, 6.45) is 1.40. The molecule has 0 saturated heterocycles. The van der Waals surface area contributed by atoms with E-state index in [4.69, 9.17) is 4.74 Å². The van der Waals surface area contributed by atoms with Gasteiger partial charge in [-0.1, -0.05) is 17.4 Å². The van der Waals surface area contributed by atoms with Crippen LogP contribution in [0.5, 0.6) is 5.75 Å². The topological polar surface area (TPSA) is 86.1 Å². The number of nitrogens with one attached hydrogen (secondary N) is 1. The number of hydrogen-bond donors (Lipinski definition) is 1. The first-order valence-corrected chi connectivity index (χ1v) is 9.60. The zero-order valence-corrected chi connectivity index (χ0v) is 15.4. The zero-order valence-electron chi connectivity index (χ0n) is 13.8. The number of thiophene rings is 1. The van der Waals surface area contributed by atoms with Gasteiger partial charge in [0.1, 0.15) is 22.6 Å². The van der Waals surface area contributed by atoms with E-state index in [1.54, 1.807) is 11.4 Å². The van der Waals surface area contributed by atoms with Crippen molar-refractivity contribution in [2.24, 2.45) is 0 Å². The van der Waals surface area contributed by atoms with Gasteiger partial charge in [0.05, 0.1) is 23.0 Å². The fourth-order valence-electron chi connectivity index (χ4n) is 2.57. The molecule has 1 amide bonds. The molecule has 26 heavy (non-hydrogen) atoms. The molecule has 0 aliphatic heterocycles. The highest BCUT2D eigenvalue weighted by Gasteiger charge is 2.13. The molecule has 0 fully saturated rings. The van der Waals surface area contributed by atoms with Crippen LogP contribution in [0.4, 0.5) is 5.13 Å². The van der Waals surface area contributed by atoms with Crippen molar-refractivity contribution in [2.75, 3.05) is 11.9 Å². The predicted molar refractivity (Wildman–Crippen MR) is 103 cm³/mol. The van der Waals surface area contributed by atoms with Crippen LogP contribution in [0.25, 0.3) is 20.4 Å². The van der Waals surface area contributed by atoms with Crippen LogP contribution >= 0.6 is 22.7 Å². The van der Waals surface area contributed by atoms with Crippen LogP contribution in [0.3, 0.4) is 0 Å². The minimum atomic E-state index is -0.333. The monoisotopic (exact) mass is 386 g/mol. The maximum atomic E-state index is 12.4. The van der Waals surface area contributed by atoms with E-state index in [1.807, 2.05) is 25.1 Å². The van der Waals surface area contributed by atoms with Crippen LogP contribution < -0.4 is 15.6 Å². The van der Waals surface area contributed by atoms with E-state index >= 15 is 0 Å². The molecule has 0 unspecified atom stereocenters. The fraction of sp³-hybridized carbons (Fsp3) is 0.176. The van der Waals surface area contributed by atoms with Crippen molar-refractivity contribution in [3.63, 3.8) is 0 Å². The number of hydrogen-bond acceptors (Lipinski definition) is 7. The molecule has 0 atom stereocenters. The highest BCUT2D eigenvalue weighted by Crippen LogP contribution is 2.32. The Bertz CT molecular complexity index is 1160. The molecular weight excluding hydrogens is 372 g/mol. The first-order chi connectivity index (χ1) is 12.7. The van der Waals surface area contributed by atoms with Gasteiger partial charge in [-0.05, 0) is 30.5 Å². The Morgan fingerprint density at radius 3 is 3.08 bits per heavy atom. The number of thiazole rings is 1. The van der Waals surface area contributed by atoms with Crippen LogP contribution in [0.2, 0.25) is 0 Å². The van der Waals surface area contributed by atoms with Crippen LogP contribution in [0, 0.1) is 0 Å². The largest absolute Gasteiger partial charge is 0.492 e. The molecule has 0 radical (unpaired) electrons. The second-order valence-corrected chi connectivity index (χ2v) is 7.35. The van der Waals surface area contributed by atoms with Crippen molar-refractivity contribution in [3.05, 3.63) is 46.3 Å². The summed E-state index contributed by atoms with van der Waals surface area (Å²) in [6, 6.07) is 7.37. The summed E-state index contributed by atoms with van der Waals surface area (Å²) in [7, 11) is 0. The van der Waals surface area contributed by atoms with Crippen molar-refractivity contribution < 1.29 is 9.53 Å². The molecule has 9 heteroatoms. The normalized spacial score (nSPS) is 11.1. The molecule has 0 aliphatic carbocycles. The summed E-state index contributed by atoms with van der Waals surface area (Å²) in [6.45, 7) is 2.33.